The Bertz CT molecular complexity index is 761. The molecule has 0 bridgehead atoms. The van der Waals surface area contributed by atoms with Gasteiger partial charge in [-0.3, -0.25) is 9.69 Å². The highest BCUT2D eigenvalue weighted by Crippen LogP contribution is 2.24. The maximum absolute atomic E-state index is 12.2. The zero-order valence-electron chi connectivity index (χ0n) is 16.6. The summed E-state index contributed by atoms with van der Waals surface area (Å²) in [6, 6.07) is 7.47. The van der Waals surface area contributed by atoms with E-state index in [1.807, 2.05) is 42.9 Å². The first-order chi connectivity index (χ1) is 13.7. The normalized spacial score (nSPS) is 15.4. The molecule has 0 unspecified atom stereocenters. The molecule has 0 aliphatic carbocycles. The highest BCUT2D eigenvalue weighted by atomic mass is 32.2. The molecule has 7 heteroatoms. The van der Waals surface area contributed by atoms with Gasteiger partial charge in [0.15, 0.2) is 5.16 Å². The van der Waals surface area contributed by atoms with Crippen LogP contribution in [0.5, 0.6) is 5.75 Å². The molecule has 6 nitrogen and oxygen atoms in total. The Morgan fingerprint density at radius 2 is 2.04 bits per heavy atom. The number of hydrogen-bond donors (Lipinski definition) is 1. The van der Waals surface area contributed by atoms with Crippen molar-refractivity contribution in [1.29, 1.82) is 0 Å². The topological polar surface area (TPSA) is 67.3 Å². The van der Waals surface area contributed by atoms with Crippen LogP contribution in [0.25, 0.3) is 0 Å². The van der Waals surface area contributed by atoms with Crippen LogP contribution in [0.2, 0.25) is 0 Å². The van der Waals surface area contributed by atoms with E-state index in [0.717, 1.165) is 61.1 Å². The molecule has 150 valence electrons. The second-order valence-corrected chi connectivity index (χ2v) is 7.89. The smallest absolute Gasteiger partial charge is 0.224 e. The summed E-state index contributed by atoms with van der Waals surface area (Å²) in [5, 5.41) is 3.78. The van der Waals surface area contributed by atoms with E-state index in [-0.39, 0.29) is 5.91 Å². The molecule has 1 aliphatic heterocycles. The number of likely N-dealkylation sites (tertiary alicyclic amines) is 1. The SMILES string of the molecule is COc1cccc(NC(=O)CCC2CCN(Cc3cnc(SC)nc3)CC2)c1. The third-order valence-corrected chi connectivity index (χ3v) is 5.69. The number of rotatable bonds is 8. The summed E-state index contributed by atoms with van der Waals surface area (Å²) in [5.41, 5.74) is 1.95. The number of nitrogens with zero attached hydrogens (tertiary/aromatic N) is 3. The molecular formula is C21H28N4O2S. The lowest BCUT2D eigenvalue weighted by Gasteiger charge is -2.31. The predicted octanol–water partition coefficient (Wildman–Crippen LogP) is 3.84. The van der Waals surface area contributed by atoms with Gasteiger partial charge in [-0.1, -0.05) is 17.8 Å². The fourth-order valence-electron chi connectivity index (χ4n) is 3.48. The minimum atomic E-state index is 0.0710. The summed E-state index contributed by atoms with van der Waals surface area (Å²) >= 11 is 1.56. The summed E-state index contributed by atoms with van der Waals surface area (Å²) in [4.78, 5) is 23.4. The first kappa shape index (κ1) is 20.6. The summed E-state index contributed by atoms with van der Waals surface area (Å²) in [7, 11) is 1.62. The number of amides is 1. The van der Waals surface area contributed by atoms with Crippen LogP contribution in [0.15, 0.2) is 41.8 Å². The number of thioether (sulfide) groups is 1. The van der Waals surface area contributed by atoms with E-state index in [0.29, 0.717) is 12.3 Å². The molecular weight excluding hydrogens is 372 g/mol. The lowest BCUT2D eigenvalue weighted by Crippen LogP contribution is -2.33. The number of methoxy groups -OCH3 is 1. The molecule has 1 aromatic carbocycles. The van der Waals surface area contributed by atoms with Crippen LogP contribution in [0.1, 0.15) is 31.2 Å². The number of aromatic nitrogens is 2. The van der Waals surface area contributed by atoms with Gasteiger partial charge < -0.3 is 10.1 Å². The van der Waals surface area contributed by atoms with Gasteiger partial charge in [-0.05, 0) is 56.7 Å². The van der Waals surface area contributed by atoms with Gasteiger partial charge in [0, 0.05) is 42.7 Å². The molecule has 1 N–H and O–H groups in total. The van der Waals surface area contributed by atoms with Crippen molar-refractivity contribution in [3.8, 4) is 5.75 Å². The van der Waals surface area contributed by atoms with E-state index in [1.165, 1.54) is 0 Å². The van der Waals surface area contributed by atoms with Gasteiger partial charge in [0.1, 0.15) is 5.75 Å². The van der Waals surface area contributed by atoms with Crippen LogP contribution in [-0.2, 0) is 11.3 Å². The molecule has 0 atom stereocenters. The maximum Gasteiger partial charge on any atom is 0.224 e. The Balaban J connectivity index is 1.37. The predicted molar refractivity (Wildman–Crippen MR) is 113 cm³/mol. The molecule has 28 heavy (non-hydrogen) atoms. The van der Waals surface area contributed by atoms with Gasteiger partial charge in [-0.15, -0.1) is 0 Å². The van der Waals surface area contributed by atoms with Crippen molar-refractivity contribution >= 4 is 23.4 Å². The van der Waals surface area contributed by atoms with Gasteiger partial charge in [0.2, 0.25) is 5.91 Å². The average molecular weight is 401 g/mol. The number of anilines is 1. The van der Waals surface area contributed by atoms with Gasteiger partial charge in [-0.2, -0.15) is 0 Å². The van der Waals surface area contributed by atoms with Crippen LogP contribution in [0, 0.1) is 5.92 Å². The first-order valence-corrected chi connectivity index (χ1v) is 10.9. The third-order valence-electron chi connectivity index (χ3n) is 5.11. The van der Waals surface area contributed by atoms with Gasteiger partial charge in [0.05, 0.1) is 7.11 Å². The molecule has 2 heterocycles. The number of carbonyl (C=O) groups is 1. The van der Waals surface area contributed by atoms with Crippen molar-refractivity contribution in [2.45, 2.75) is 37.4 Å². The van der Waals surface area contributed by atoms with Crippen LogP contribution in [0.3, 0.4) is 0 Å². The first-order valence-electron chi connectivity index (χ1n) is 9.67. The molecule has 0 spiro atoms. The summed E-state index contributed by atoms with van der Waals surface area (Å²) in [6.07, 6.45) is 9.60. The summed E-state index contributed by atoms with van der Waals surface area (Å²) in [6.45, 7) is 3.02. The van der Waals surface area contributed by atoms with Crippen molar-refractivity contribution in [1.82, 2.24) is 14.9 Å². The molecule has 2 aromatic rings. The average Bonchev–Trinajstić information content (AvgIpc) is 2.74. The Morgan fingerprint density at radius 1 is 1.29 bits per heavy atom. The molecule has 1 aliphatic rings. The second kappa shape index (κ2) is 10.4. The fraction of sp³-hybridized carbons (Fsp3) is 0.476. The largest absolute Gasteiger partial charge is 0.497 e. The van der Waals surface area contributed by atoms with E-state index in [4.69, 9.17) is 4.74 Å². The minimum absolute atomic E-state index is 0.0710. The zero-order chi connectivity index (χ0) is 19.8. The second-order valence-electron chi connectivity index (χ2n) is 7.12. The standard InChI is InChI=1S/C21H28N4O2S/c1-27-19-5-3-4-18(12-19)24-20(26)7-6-16-8-10-25(11-9-16)15-17-13-22-21(28-2)23-14-17/h3-5,12-14,16H,6-11,15H2,1-2H3,(H,24,26). The van der Waals surface area contributed by atoms with Crippen LogP contribution in [-0.4, -0.2) is 47.2 Å². The molecule has 3 rings (SSSR count). The van der Waals surface area contributed by atoms with Gasteiger partial charge >= 0.3 is 0 Å². The van der Waals surface area contributed by atoms with E-state index in [1.54, 1.807) is 18.9 Å². The third kappa shape index (κ3) is 6.21. The molecule has 0 saturated carbocycles. The number of carbonyl (C=O) groups excluding carboxylic acids is 1. The number of piperidine rings is 1. The monoisotopic (exact) mass is 400 g/mol. The van der Waals surface area contributed by atoms with Crippen LogP contribution < -0.4 is 10.1 Å². The summed E-state index contributed by atoms with van der Waals surface area (Å²) < 4.78 is 5.19. The molecule has 1 saturated heterocycles. The highest BCUT2D eigenvalue weighted by molar-refractivity contribution is 7.98. The molecule has 0 radical (unpaired) electrons. The van der Waals surface area contributed by atoms with E-state index < -0.39 is 0 Å². The molecule has 1 amide bonds. The van der Waals surface area contributed by atoms with Crippen molar-refractivity contribution in [2.75, 3.05) is 31.8 Å². The van der Waals surface area contributed by atoms with Gasteiger partial charge in [0.25, 0.3) is 0 Å². The lowest BCUT2D eigenvalue weighted by molar-refractivity contribution is -0.116. The molecule has 1 aromatic heterocycles. The Kier molecular flexibility index (Phi) is 7.68. The van der Waals surface area contributed by atoms with Gasteiger partial charge in [-0.25, -0.2) is 9.97 Å². The number of nitrogens with one attached hydrogen (secondary N) is 1. The highest BCUT2D eigenvalue weighted by Gasteiger charge is 2.20. The Labute approximate surface area is 171 Å². The zero-order valence-corrected chi connectivity index (χ0v) is 17.4. The molecule has 1 fully saturated rings. The number of hydrogen-bond acceptors (Lipinski definition) is 6. The van der Waals surface area contributed by atoms with E-state index in [9.17, 15) is 4.79 Å². The van der Waals surface area contributed by atoms with Crippen molar-refractivity contribution in [3.05, 3.63) is 42.2 Å². The maximum atomic E-state index is 12.2. The van der Waals surface area contributed by atoms with Crippen molar-refractivity contribution in [3.63, 3.8) is 0 Å². The van der Waals surface area contributed by atoms with Crippen molar-refractivity contribution in [2.24, 2.45) is 5.92 Å². The summed E-state index contributed by atoms with van der Waals surface area (Å²) in [5.74, 6) is 1.43. The Morgan fingerprint density at radius 3 is 2.71 bits per heavy atom. The van der Waals surface area contributed by atoms with E-state index in [2.05, 4.69) is 20.2 Å². The van der Waals surface area contributed by atoms with Crippen molar-refractivity contribution < 1.29 is 9.53 Å². The lowest BCUT2D eigenvalue weighted by atomic mass is 9.92. The minimum Gasteiger partial charge on any atom is -0.497 e. The Hall–Kier alpha value is -2.12. The number of benzene rings is 1. The van der Waals surface area contributed by atoms with E-state index >= 15 is 0 Å². The number of ether oxygens (including phenoxy) is 1. The fourth-order valence-corrected chi connectivity index (χ4v) is 3.80. The van der Waals surface area contributed by atoms with Crippen LogP contribution in [0.4, 0.5) is 5.69 Å². The quantitative estimate of drug-likeness (QED) is 0.536. The van der Waals surface area contributed by atoms with Crippen LogP contribution >= 0.6 is 11.8 Å².